The minimum atomic E-state index is -0.300. The maximum atomic E-state index is 12.9. The van der Waals surface area contributed by atoms with E-state index in [2.05, 4.69) is 29.1 Å². The van der Waals surface area contributed by atoms with Crippen LogP contribution >= 0.6 is 0 Å². The molecule has 3 saturated heterocycles. The van der Waals surface area contributed by atoms with Crippen molar-refractivity contribution >= 4 is 5.91 Å². The SMILES string of the molecule is CN1CCCC2CN(C(=O)C3(C)CCCCN3)CCC21. The monoisotopic (exact) mass is 279 g/mol. The molecule has 0 saturated carbocycles. The van der Waals surface area contributed by atoms with Crippen LogP contribution in [0.4, 0.5) is 0 Å². The lowest BCUT2D eigenvalue weighted by Gasteiger charge is -2.48. The summed E-state index contributed by atoms with van der Waals surface area (Å²) in [5.74, 6) is 1.04. The minimum Gasteiger partial charge on any atom is -0.341 e. The molecule has 4 heteroatoms. The number of nitrogens with zero attached hydrogens (tertiary/aromatic N) is 2. The van der Waals surface area contributed by atoms with Crippen molar-refractivity contribution in [1.82, 2.24) is 15.1 Å². The second kappa shape index (κ2) is 5.64. The fraction of sp³-hybridized carbons (Fsp3) is 0.938. The summed E-state index contributed by atoms with van der Waals surface area (Å²) in [6.07, 6.45) is 7.12. The summed E-state index contributed by atoms with van der Waals surface area (Å²) in [6, 6.07) is 0.708. The van der Waals surface area contributed by atoms with Crippen molar-refractivity contribution in [2.75, 3.05) is 33.2 Å². The predicted octanol–water partition coefficient (Wildman–Crippen LogP) is 1.46. The van der Waals surface area contributed by atoms with Gasteiger partial charge >= 0.3 is 0 Å². The number of hydrogen-bond donors (Lipinski definition) is 1. The van der Waals surface area contributed by atoms with Crippen molar-refractivity contribution in [1.29, 1.82) is 0 Å². The summed E-state index contributed by atoms with van der Waals surface area (Å²) in [6.45, 7) is 6.25. The largest absolute Gasteiger partial charge is 0.341 e. The van der Waals surface area contributed by atoms with Gasteiger partial charge in [-0.15, -0.1) is 0 Å². The van der Waals surface area contributed by atoms with Crippen LogP contribution in [0.2, 0.25) is 0 Å². The van der Waals surface area contributed by atoms with Gasteiger partial charge in [0, 0.05) is 19.1 Å². The molecule has 0 aliphatic carbocycles. The molecule has 3 aliphatic rings. The van der Waals surface area contributed by atoms with Crippen molar-refractivity contribution in [3.05, 3.63) is 0 Å². The average Bonchev–Trinajstić information content (AvgIpc) is 2.47. The van der Waals surface area contributed by atoms with Gasteiger partial charge in [-0.05, 0) is 71.5 Å². The molecule has 0 spiro atoms. The van der Waals surface area contributed by atoms with Crippen LogP contribution in [0.3, 0.4) is 0 Å². The zero-order valence-electron chi connectivity index (χ0n) is 13.0. The molecular weight excluding hydrogens is 250 g/mol. The molecule has 1 amide bonds. The first kappa shape index (κ1) is 14.3. The van der Waals surface area contributed by atoms with Crippen LogP contribution in [0.1, 0.15) is 45.4 Å². The van der Waals surface area contributed by atoms with Crippen LogP contribution in [0.5, 0.6) is 0 Å². The molecule has 4 nitrogen and oxygen atoms in total. The molecule has 3 aliphatic heterocycles. The number of hydrogen-bond acceptors (Lipinski definition) is 3. The van der Waals surface area contributed by atoms with Crippen molar-refractivity contribution in [2.24, 2.45) is 5.92 Å². The molecule has 0 bridgehead atoms. The first-order chi connectivity index (χ1) is 9.60. The topological polar surface area (TPSA) is 35.6 Å². The Kier molecular flexibility index (Phi) is 4.04. The molecule has 0 aromatic carbocycles. The Labute approximate surface area is 122 Å². The van der Waals surface area contributed by atoms with Crippen LogP contribution in [0, 0.1) is 5.92 Å². The second-order valence-electron chi connectivity index (χ2n) is 7.21. The van der Waals surface area contributed by atoms with Gasteiger partial charge in [-0.2, -0.15) is 0 Å². The molecule has 114 valence electrons. The van der Waals surface area contributed by atoms with E-state index in [-0.39, 0.29) is 5.54 Å². The Hall–Kier alpha value is -0.610. The van der Waals surface area contributed by atoms with Gasteiger partial charge in [0.1, 0.15) is 0 Å². The Morgan fingerprint density at radius 2 is 2.05 bits per heavy atom. The highest BCUT2D eigenvalue weighted by Crippen LogP contribution is 2.31. The van der Waals surface area contributed by atoms with E-state index in [1.807, 2.05) is 0 Å². The Balaban J connectivity index is 1.65. The van der Waals surface area contributed by atoms with Crippen molar-refractivity contribution in [2.45, 2.75) is 57.0 Å². The summed E-state index contributed by atoms with van der Waals surface area (Å²) in [5.41, 5.74) is -0.300. The third-order valence-electron chi connectivity index (χ3n) is 5.72. The summed E-state index contributed by atoms with van der Waals surface area (Å²) in [5, 5.41) is 3.47. The van der Waals surface area contributed by atoms with Gasteiger partial charge in [-0.25, -0.2) is 0 Å². The lowest BCUT2D eigenvalue weighted by Crippen LogP contribution is -2.62. The molecule has 3 fully saturated rings. The molecule has 0 aromatic rings. The van der Waals surface area contributed by atoms with E-state index >= 15 is 0 Å². The van der Waals surface area contributed by atoms with Crippen LogP contribution in [0.15, 0.2) is 0 Å². The molecule has 3 heterocycles. The number of likely N-dealkylation sites (tertiary alicyclic amines) is 2. The predicted molar refractivity (Wildman–Crippen MR) is 80.6 cm³/mol. The molecular formula is C16H29N3O. The van der Waals surface area contributed by atoms with E-state index in [9.17, 15) is 4.79 Å². The minimum absolute atomic E-state index is 0.300. The number of amides is 1. The third-order valence-corrected chi connectivity index (χ3v) is 5.72. The van der Waals surface area contributed by atoms with Gasteiger partial charge in [-0.3, -0.25) is 4.79 Å². The maximum absolute atomic E-state index is 12.9. The van der Waals surface area contributed by atoms with Crippen LogP contribution in [-0.4, -0.2) is 60.5 Å². The summed E-state index contributed by atoms with van der Waals surface area (Å²) < 4.78 is 0. The quantitative estimate of drug-likeness (QED) is 0.789. The molecule has 3 atom stereocenters. The summed E-state index contributed by atoms with van der Waals surface area (Å²) in [7, 11) is 2.25. The van der Waals surface area contributed by atoms with E-state index in [4.69, 9.17) is 0 Å². The fourth-order valence-electron chi connectivity index (χ4n) is 4.42. The first-order valence-corrected chi connectivity index (χ1v) is 8.35. The number of fused-ring (bicyclic) bond motifs is 1. The number of rotatable bonds is 1. The normalized spacial score (nSPS) is 39.4. The first-order valence-electron chi connectivity index (χ1n) is 8.35. The number of piperidine rings is 3. The highest BCUT2D eigenvalue weighted by Gasteiger charge is 2.42. The van der Waals surface area contributed by atoms with Crippen molar-refractivity contribution in [3.63, 3.8) is 0 Å². The molecule has 0 radical (unpaired) electrons. The van der Waals surface area contributed by atoms with E-state index < -0.39 is 0 Å². The van der Waals surface area contributed by atoms with Crippen LogP contribution < -0.4 is 5.32 Å². The van der Waals surface area contributed by atoms with Gasteiger partial charge < -0.3 is 15.1 Å². The van der Waals surface area contributed by atoms with Gasteiger partial charge in [-0.1, -0.05) is 0 Å². The average molecular weight is 279 g/mol. The Morgan fingerprint density at radius 1 is 1.20 bits per heavy atom. The zero-order valence-corrected chi connectivity index (χ0v) is 13.0. The van der Waals surface area contributed by atoms with Gasteiger partial charge in [0.2, 0.25) is 5.91 Å². The zero-order chi connectivity index (χ0) is 14.2. The third kappa shape index (κ3) is 2.60. The molecule has 3 unspecified atom stereocenters. The standard InChI is InChI=1S/C16H29N3O/c1-16(8-3-4-9-17-16)15(20)19-11-7-14-13(12-19)6-5-10-18(14)2/h13-14,17H,3-12H2,1-2H3. The second-order valence-corrected chi connectivity index (χ2v) is 7.21. The molecule has 3 rings (SSSR count). The smallest absolute Gasteiger partial charge is 0.242 e. The number of carbonyl (C=O) groups excluding carboxylic acids is 1. The van der Waals surface area contributed by atoms with Gasteiger partial charge in [0.25, 0.3) is 0 Å². The highest BCUT2D eigenvalue weighted by molar-refractivity contribution is 5.86. The summed E-state index contributed by atoms with van der Waals surface area (Å²) >= 11 is 0. The Bertz CT molecular complexity index is 365. The van der Waals surface area contributed by atoms with Crippen molar-refractivity contribution in [3.8, 4) is 0 Å². The fourth-order valence-corrected chi connectivity index (χ4v) is 4.42. The lowest BCUT2D eigenvalue weighted by molar-refractivity contribution is -0.142. The number of nitrogens with one attached hydrogen (secondary N) is 1. The van der Waals surface area contributed by atoms with Crippen LogP contribution in [0.25, 0.3) is 0 Å². The number of carbonyl (C=O) groups is 1. The van der Waals surface area contributed by atoms with E-state index in [0.29, 0.717) is 17.9 Å². The van der Waals surface area contributed by atoms with E-state index in [1.165, 1.54) is 32.2 Å². The maximum Gasteiger partial charge on any atom is 0.242 e. The Morgan fingerprint density at radius 3 is 2.80 bits per heavy atom. The van der Waals surface area contributed by atoms with Gasteiger partial charge in [0.05, 0.1) is 5.54 Å². The molecule has 20 heavy (non-hydrogen) atoms. The van der Waals surface area contributed by atoms with E-state index in [0.717, 1.165) is 32.5 Å². The lowest BCUT2D eigenvalue weighted by atomic mass is 9.82. The summed E-state index contributed by atoms with van der Waals surface area (Å²) in [4.78, 5) is 17.5. The van der Waals surface area contributed by atoms with Gasteiger partial charge in [0.15, 0.2) is 0 Å². The van der Waals surface area contributed by atoms with Crippen LogP contribution in [-0.2, 0) is 4.79 Å². The van der Waals surface area contributed by atoms with E-state index in [1.54, 1.807) is 0 Å². The van der Waals surface area contributed by atoms with Crippen molar-refractivity contribution < 1.29 is 4.79 Å². The molecule has 0 aromatic heterocycles. The highest BCUT2D eigenvalue weighted by atomic mass is 16.2. The molecule has 1 N–H and O–H groups in total.